The maximum Gasteiger partial charge on any atom is 0.0735 e. The highest BCUT2D eigenvalue weighted by Gasteiger charge is 2.50. The zero-order chi connectivity index (χ0) is 14.6. The maximum atomic E-state index is 6.18. The Labute approximate surface area is 127 Å². The Morgan fingerprint density at radius 2 is 2.10 bits per heavy atom. The molecule has 3 unspecified atom stereocenters. The monoisotopic (exact) mass is 295 g/mol. The average Bonchev–Trinajstić information content (AvgIpc) is 2.46. The van der Waals surface area contributed by atoms with Crippen LogP contribution in [-0.4, -0.2) is 18.7 Å². The Hall–Kier alpha value is -0.570. The highest BCUT2D eigenvalue weighted by molar-refractivity contribution is 6.31. The minimum atomic E-state index is 0.246. The van der Waals surface area contributed by atoms with Crippen LogP contribution < -0.4 is 5.32 Å². The van der Waals surface area contributed by atoms with E-state index >= 15 is 0 Å². The summed E-state index contributed by atoms with van der Waals surface area (Å²) in [6.45, 7) is 8.50. The zero-order valence-electron chi connectivity index (χ0n) is 12.8. The number of nitrogens with one attached hydrogen (secondary N) is 1. The van der Waals surface area contributed by atoms with E-state index in [4.69, 9.17) is 16.3 Å². The van der Waals surface area contributed by atoms with Gasteiger partial charge in [0, 0.05) is 16.5 Å². The Balaban J connectivity index is 1.89. The number of benzene rings is 1. The van der Waals surface area contributed by atoms with Gasteiger partial charge in [0.15, 0.2) is 0 Å². The number of hydrogen-bond acceptors (Lipinski definition) is 2. The molecule has 0 amide bonds. The van der Waals surface area contributed by atoms with Crippen molar-refractivity contribution in [2.24, 2.45) is 5.41 Å². The van der Waals surface area contributed by atoms with Gasteiger partial charge in [-0.15, -0.1) is 0 Å². The molecule has 0 spiro atoms. The van der Waals surface area contributed by atoms with E-state index in [-0.39, 0.29) is 5.41 Å². The van der Waals surface area contributed by atoms with Crippen LogP contribution in [0.4, 0.5) is 0 Å². The molecule has 1 aliphatic carbocycles. The first-order chi connectivity index (χ1) is 9.61. The third kappa shape index (κ3) is 3.19. The molecule has 0 aromatic heterocycles. The molecule has 0 aliphatic heterocycles. The van der Waals surface area contributed by atoms with E-state index < -0.39 is 0 Å². The van der Waals surface area contributed by atoms with Crippen LogP contribution in [0.5, 0.6) is 0 Å². The van der Waals surface area contributed by atoms with Gasteiger partial charge in [0.2, 0.25) is 0 Å². The molecule has 1 aromatic carbocycles. The molecular weight excluding hydrogens is 270 g/mol. The first kappa shape index (κ1) is 15.8. The number of halogens is 1. The molecule has 0 bridgehead atoms. The van der Waals surface area contributed by atoms with Crippen molar-refractivity contribution in [1.29, 1.82) is 0 Å². The van der Waals surface area contributed by atoms with Gasteiger partial charge in [-0.25, -0.2) is 0 Å². The van der Waals surface area contributed by atoms with E-state index in [0.717, 1.165) is 30.0 Å². The summed E-state index contributed by atoms with van der Waals surface area (Å²) in [7, 11) is 0. The Morgan fingerprint density at radius 1 is 1.35 bits per heavy atom. The molecule has 1 saturated carbocycles. The highest BCUT2D eigenvalue weighted by Crippen LogP contribution is 2.46. The molecule has 0 radical (unpaired) electrons. The van der Waals surface area contributed by atoms with Crippen molar-refractivity contribution in [3.8, 4) is 0 Å². The first-order valence-corrected chi connectivity index (χ1v) is 8.08. The Morgan fingerprint density at radius 3 is 2.75 bits per heavy atom. The minimum absolute atomic E-state index is 0.246. The molecule has 0 saturated heterocycles. The van der Waals surface area contributed by atoms with Gasteiger partial charge in [0.1, 0.15) is 0 Å². The van der Waals surface area contributed by atoms with Gasteiger partial charge in [0.05, 0.1) is 12.7 Å². The summed E-state index contributed by atoms with van der Waals surface area (Å²) in [4.78, 5) is 0. The van der Waals surface area contributed by atoms with Crippen LogP contribution in [0, 0.1) is 5.41 Å². The smallest absolute Gasteiger partial charge is 0.0735 e. The summed E-state index contributed by atoms with van der Waals surface area (Å²) >= 11 is 6.18. The van der Waals surface area contributed by atoms with Gasteiger partial charge in [0.25, 0.3) is 0 Å². The molecule has 20 heavy (non-hydrogen) atoms. The fraction of sp³-hybridized carbons (Fsp3) is 0.647. The molecule has 3 heteroatoms. The van der Waals surface area contributed by atoms with Crippen molar-refractivity contribution in [3.63, 3.8) is 0 Å². The van der Waals surface area contributed by atoms with Gasteiger partial charge in [-0.3, -0.25) is 0 Å². The summed E-state index contributed by atoms with van der Waals surface area (Å²) in [6.07, 6.45) is 3.76. The molecule has 1 aliphatic rings. The Kier molecular flexibility index (Phi) is 5.48. The van der Waals surface area contributed by atoms with Crippen LogP contribution in [-0.2, 0) is 11.3 Å². The van der Waals surface area contributed by atoms with Crippen molar-refractivity contribution in [2.75, 3.05) is 6.54 Å². The van der Waals surface area contributed by atoms with E-state index in [2.05, 4.69) is 26.1 Å². The Bertz CT molecular complexity index is 437. The van der Waals surface area contributed by atoms with Gasteiger partial charge in [-0.05, 0) is 37.4 Å². The van der Waals surface area contributed by atoms with Crippen LogP contribution in [0.3, 0.4) is 0 Å². The second-order valence-electron chi connectivity index (χ2n) is 5.99. The van der Waals surface area contributed by atoms with Crippen LogP contribution in [0.25, 0.3) is 0 Å². The standard InChI is InChI=1S/C17H26ClNO/c1-4-10-19-15-11-16(17(15,3)5-2)20-12-13-8-6-7-9-14(13)18/h6-9,15-16,19H,4-5,10-12H2,1-3H3. The highest BCUT2D eigenvalue weighted by atomic mass is 35.5. The molecule has 2 nitrogen and oxygen atoms in total. The quantitative estimate of drug-likeness (QED) is 0.804. The summed E-state index contributed by atoms with van der Waals surface area (Å²) < 4.78 is 6.14. The lowest BCUT2D eigenvalue weighted by atomic mass is 9.61. The second-order valence-corrected chi connectivity index (χ2v) is 6.40. The average molecular weight is 296 g/mol. The van der Waals surface area contributed by atoms with E-state index in [1.54, 1.807) is 0 Å². The van der Waals surface area contributed by atoms with E-state index in [1.165, 1.54) is 6.42 Å². The normalized spacial score (nSPS) is 29.2. The van der Waals surface area contributed by atoms with Crippen LogP contribution in [0.1, 0.15) is 45.6 Å². The van der Waals surface area contributed by atoms with Crippen LogP contribution in [0.15, 0.2) is 24.3 Å². The van der Waals surface area contributed by atoms with Crippen molar-refractivity contribution in [3.05, 3.63) is 34.9 Å². The zero-order valence-corrected chi connectivity index (χ0v) is 13.5. The summed E-state index contributed by atoms with van der Waals surface area (Å²) in [5.41, 5.74) is 1.33. The van der Waals surface area contributed by atoms with Crippen LogP contribution in [0.2, 0.25) is 5.02 Å². The van der Waals surface area contributed by atoms with Crippen molar-refractivity contribution >= 4 is 11.6 Å². The van der Waals surface area contributed by atoms with Gasteiger partial charge in [-0.2, -0.15) is 0 Å². The molecule has 1 aromatic rings. The fourth-order valence-electron chi connectivity index (χ4n) is 2.99. The molecule has 112 valence electrons. The third-order valence-electron chi connectivity index (χ3n) is 4.78. The summed E-state index contributed by atoms with van der Waals surface area (Å²) in [5, 5.41) is 4.44. The SMILES string of the molecule is CCCNC1CC(OCc2ccccc2Cl)C1(C)CC. The van der Waals surface area contributed by atoms with Gasteiger partial charge < -0.3 is 10.1 Å². The lowest BCUT2D eigenvalue weighted by molar-refractivity contribution is -0.135. The minimum Gasteiger partial charge on any atom is -0.373 e. The molecule has 1 N–H and O–H groups in total. The van der Waals surface area contributed by atoms with Gasteiger partial charge in [-0.1, -0.05) is 50.6 Å². The number of hydrogen-bond donors (Lipinski definition) is 1. The van der Waals surface area contributed by atoms with E-state index in [1.807, 2.05) is 24.3 Å². The third-order valence-corrected chi connectivity index (χ3v) is 5.15. The van der Waals surface area contributed by atoms with Crippen molar-refractivity contribution in [1.82, 2.24) is 5.32 Å². The molecule has 2 rings (SSSR count). The topological polar surface area (TPSA) is 21.3 Å². The lowest BCUT2D eigenvalue weighted by Crippen LogP contribution is -2.62. The number of ether oxygens (including phenoxy) is 1. The summed E-state index contributed by atoms with van der Waals surface area (Å²) in [5.74, 6) is 0. The van der Waals surface area contributed by atoms with Crippen molar-refractivity contribution < 1.29 is 4.74 Å². The molecule has 1 fully saturated rings. The van der Waals surface area contributed by atoms with E-state index in [0.29, 0.717) is 18.8 Å². The lowest BCUT2D eigenvalue weighted by Gasteiger charge is -2.54. The van der Waals surface area contributed by atoms with E-state index in [9.17, 15) is 0 Å². The molecule has 3 atom stereocenters. The first-order valence-electron chi connectivity index (χ1n) is 7.70. The predicted molar refractivity (Wildman–Crippen MR) is 85.1 cm³/mol. The van der Waals surface area contributed by atoms with Crippen molar-refractivity contribution in [2.45, 2.75) is 58.8 Å². The molecule has 0 heterocycles. The second kappa shape index (κ2) is 6.93. The fourth-order valence-corrected chi connectivity index (χ4v) is 3.18. The van der Waals surface area contributed by atoms with Gasteiger partial charge >= 0.3 is 0 Å². The largest absolute Gasteiger partial charge is 0.373 e. The van der Waals surface area contributed by atoms with Crippen LogP contribution >= 0.6 is 11.6 Å². The number of rotatable bonds is 7. The maximum absolute atomic E-state index is 6.18. The molecular formula is C17H26ClNO. The predicted octanol–water partition coefficient (Wildman–Crippen LogP) is 4.41. The summed E-state index contributed by atoms with van der Waals surface area (Å²) in [6, 6.07) is 8.51.